The van der Waals surface area contributed by atoms with Crippen molar-refractivity contribution in [2.75, 3.05) is 27.2 Å². The van der Waals surface area contributed by atoms with Gasteiger partial charge in [-0.2, -0.15) is 0 Å². The predicted molar refractivity (Wildman–Crippen MR) is 71.9 cm³/mol. The molecule has 2 rings (SSSR count). The second kappa shape index (κ2) is 5.35. The van der Waals surface area contributed by atoms with E-state index in [0.29, 0.717) is 18.0 Å². The van der Waals surface area contributed by atoms with Crippen LogP contribution in [0.3, 0.4) is 0 Å². The number of benzene rings is 1. The molecule has 0 amide bonds. The number of hydrogen-bond donors (Lipinski definition) is 2. The van der Waals surface area contributed by atoms with Gasteiger partial charge in [0.2, 0.25) is 0 Å². The van der Waals surface area contributed by atoms with Crippen LogP contribution in [-0.2, 0) is 0 Å². The van der Waals surface area contributed by atoms with E-state index in [0.717, 1.165) is 18.5 Å². The van der Waals surface area contributed by atoms with Gasteiger partial charge in [0.15, 0.2) is 17.3 Å². The Labute approximate surface area is 113 Å². The molecule has 2 atom stereocenters. The molecule has 1 aliphatic heterocycles. The SMILES string of the molecule is COc1c(C)cc(C2CC(CN)CN2C)c(F)c1O. The van der Waals surface area contributed by atoms with E-state index in [2.05, 4.69) is 4.90 Å². The van der Waals surface area contributed by atoms with Crippen molar-refractivity contribution in [1.29, 1.82) is 0 Å². The monoisotopic (exact) mass is 268 g/mol. The largest absolute Gasteiger partial charge is 0.502 e. The predicted octanol–water partition coefficient (Wildman–Crippen LogP) is 1.80. The average molecular weight is 268 g/mol. The van der Waals surface area contributed by atoms with Crippen LogP contribution < -0.4 is 10.5 Å². The van der Waals surface area contributed by atoms with Crippen molar-refractivity contribution in [2.24, 2.45) is 11.7 Å². The molecule has 1 heterocycles. The number of likely N-dealkylation sites (tertiary alicyclic amines) is 1. The first kappa shape index (κ1) is 14.1. The summed E-state index contributed by atoms with van der Waals surface area (Å²) in [5.41, 5.74) is 6.95. The molecule has 0 radical (unpaired) electrons. The fourth-order valence-electron chi connectivity index (χ4n) is 2.93. The Kier molecular flexibility index (Phi) is 3.96. The van der Waals surface area contributed by atoms with Crippen LogP contribution in [0.4, 0.5) is 4.39 Å². The quantitative estimate of drug-likeness (QED) is 0.877. The summed E-state index contributed by atoms with van der Waals surface area (Å²) in [6, 6.07) is 1.72. The van der Waals surface area contributed by atoms with Gasteiger partial charge in [0.05, 0.1) is 7.11 Å². The summed E-state index contributed by atoms with van der Waals surface area (Å²) in [5, 5.41) is 9.89. The number of rotatable bonds is 3. The van der Waals surface area contributed by atoms with Gasteiger partial charge in [0.25, 0.3) is 0 Å². The van der Waals surface area contributed by atoms with Crippen molar-refractivity contribution in [3.8, 4) is 11.5 Å². The molecule has 5 heteroatoms. The molecule has 2 unspecified atom stereocenters. The van der Waals surface area contributed by atoms with Crippen molar-refractivity contribution in [3.05, 3.63) is 23.0 Å². The van der Waals surface area contributed by atoms with Gasteiger partial charge < -0.3 is 15.6 Å². The van der Waals surface area contributed by atoms with Crippen LogP contribution in [0.2, 0.25) is 0 Å². The van der Waals surface area contributed by atoms with Crippen LogP contribution in [0.1, 0.15) is 23.6 Å². The van der Waals surface area contributed by atoms with Crippen LogP contribution >= 0.6 is 0 Å². The third-order valence-electron chi connectivity index (χ3n) is 3.94. The maximum Gasteiger partial charge on any atom is 0.194 e. The summed E-state index contributed by atoms with van der Waals surface area (Å²) in [6.07, 6.45) is 0.815. The van der Waals surface area contributed by atoms with Gasteiger partial charge in [0, 0.05) is 18.2 Å². The van der Waals surface area contributed by atoms with E-state index in [1.54, 1.807) is 13.0 Å². The molecule has 1 aliphatic rings. The molecule has 0 aliphatic carbocycles. The van der Waals surface area contributed by atoms with Crippen molar-refractivity contribution in [2.45, 2.75) is 19.4 Å². The van der Waals surface area contributed by atoms with Gasteiger partial charge in [0.1, 0.15) is 0 Å². The highest BCUT2D eigenvalue weighted by molar-refractivity contribution is 5.50. The summed E-state index contributed by atoms with van der Waals surface area (Å²) in [6.45, 7) is 3.26. The van der Waals surface area contributed by atoms with Crippen LogP contribution in [0.25, 0.3) is 0 Å². The lowest BCUT2D eigenvalue weighted by atomic mass is 9.97. The molecule has 1 saturated heterocycles. The van der Waals surface area contributed by atoms with E-state index < -0.39 is 11.6 Å². The van der Waals surface area contributed by atoms with Gasteiger partial charge in [-0.05, 0) is 44.5 Å². The molecule has 106 valence electrons. The van der Waals surface area contributed by atoms with Gasteiger partial charge in [-0.15, -0.1) is 0 Å². The molecule has 0 aromatic heterocycles. The van der Waals surface area contributed by atoms with Crippen LogP contribution in [0.15, 0.2) is 6.07 Å². The topological polar surface area (TPSA) is 58.7 Å². The lowest BCUT2D eigenvalue weighted by Gasteiger charge is -2.22. The molecule has 0 spiro atoms. The average Bonchev–Trinajstić information content (AvgIpc) is 2.76. The molecule has 0 saturated carbocycles. The number of methoxy groups -OCH3 is 1. The van der Waals surface area contributed by atoms with Crippen LogP contribution in [0, 0.1) is 18.7 Å². The van der Waals surface area contributed by atoms with E-state index in [1.807, 2.05) is 7.05 Å². The highest BCUT2D eigenvalue weighted by Crippen LogP contribution is 2.41. The molecule has 4 nitrogen and oxygen atoms in total. The number of aromatic hydroxyl groups is 1. The first-order chi connectivity index (χ1) is 8.99. The summed E-state index contributed by atoms with van der Waals surface area (Å²) in [7, 11) is 3.38. The second-order valence-corrected chi connectivity index (χ2v) is 5.27. The number of nitrogens with two attached hydrogens (primary N) is 1. The fraction of sp³-hybridized carbons (Fsp3) is 0.571. The Hall–Kier alpha value is -1.33. The minimum absolute atomic E-state index is 0.0379. The minimum Gasteiger partial charge on any atom is -0.502 e. The second-order valence-electron chi connectivity index (χ2n) is 5.27. The third-order valence-corrected chi connectivity index (χ3v) is 3.94. The maximum atomic E-state index is 14.3. The number of nitrogens with zero attached hydrogens (tertiary/aromatic N) is 1. The number of halogens is 1. The van der Waals surface area contributed by atoms with Crippen molar-refractivity contribution < 1.29 is 14.2 Å². The van der Waals surface area contributed by atoms with E-state index in [9.17, 15) is 9.50 Å². The Bertz CT molecular complexity index is 479. The Morgan fingerprint density at radius 1 is 1.58 bits per heavy atom. The smallest absolute Gasteiger partial charge is 0.194 e. The van der Waals surface area contributed by atoms with Crippen molar-refractivity contribution in [1.82, 2.24) is 4.90 Å². The number of phenolic OH excluding ortho intramolecular Hbond substituents is 1. The maximum absolute atomic E-state index is 14.3. The lowest BCUT2D eigenvalue weighted by molar-refractivity contribution is 0.299. The fourth-order valence-corrected chi connectivity index (χ4v) is 2.93. The van der Waals surface area contributed by atoms with Gasteiger partial charge in [-0.1, -0.05) is 0 Å². The normalized spacial score (nSPS) is 23.8. The molecule has 19 heavy (non-hydrogen) atoms. The van der Waals surface area contributed by atoms with Gasteiger partial charge in [-0.3, -0.25) is 4.90 Å². The first-order valence-electron chi connectivity index (χ1n) is 6.45. The van der Waals surface area contributed by atoms with E-state index >= 15 is 0 Å². The molecule has 3 N–H and O–H groups in total. The van der Waals surface area contributed by atoms with E-state index in [-0.39, 0.29) is 11.8 Å². The zero-order valence-electron chi connectivity index (χ0n) is 11.6. The standard InChI is InChI=1S/C14H21FN2O2/c1-8-4-10(12(15)13(18)14(8)19-3)11-5-9(6-16)7-17(11)2/h4,9,11,18H,5-7,16H2,1-3H3. The zero-order chi connectivity index (χ0) is 14.2. The number of aryl methyl sites for hydroxylation is 1. The minimum atomic E-state index is -0.586. The van der Waals surface area contributed by atoms with E-state index in [1.165, 1.54) is 7.11 Å². The van der Waals surface area contributed by atoms with Crippen molar-refractivity contribution in [3.63, 3.8) is 0 Å². The van der Waals surface area contributed by atoms with Crippen LogP contribution in [0.5, 0.6) is 11.5 Å². The van der Waals surface area contributed by atoms with Crippen LogP contribution in [-0.4, -0.2) is 37.3 Å². The zero-order valence-corrected chi connectivity index (χ0v) is 11.6. The number of hydrogen-bond acceptors (Lipinski definition) is 4. The Balaban J connectivity index is 2.41. The molecule has 1 aromatic rings. The number of ether oxygens (including phenoxy) is 1. The molecule has 1 fully saturated rings. The lowest BCUT2D eigenvalue weighted by Crippen LogP contribution is -2.21. The van der Waals surface area contributed by atoms with Gasteiger partial charge in [-0.25, -0.2) is 4.39 Å². The van der Waals surface area contributed by atoms with E-state index in [4.69, 9.17) is 10.5 Å². The molecule has 0 bridgehead atoms. The Morgan fingerprint density at radius 2 is 2.26 bits per heavy atom. The first-order valence-corrected chi connectivity index (χ1v) is 6.45. The highest BCUT2D eigenvalue weighted by Gasteiger charge is 2.33. The number of phenols is 1. The molecular formula is C14H21FN2O2. The summed E-state index contributed by atoms with van der Waals surface area (Å²) in [5.74, 6) is -0.407. The summed E-state index contributed by atoms with van der Waals surface area (Å²) < 4.78 is 19.3. The Morgan fingerprint density at radius 3 is 2.79 bits per heavy atom. The molecule has 1 aromatic carbocycles. The summed E-state index contributed by atoms with van der Waals surface area (Å²) in [4.78, 5) is 2.08. The molecular weight excluding hydrogens is 247 g/mol. The highest BCUT2D eigenvalue weighted by atomic mass is 19.1. The van der Waals surface area contributed by atoms with Crippen molar-refractivity contribution >= 4 is 0 Å². The third kappa shape index (κ3) is 2.40. The van der Waals surface area contributed by atoms with Gasteiger partial charge >= 0.3 is 0 Å². The summed E-state index contributed by atoms with van der Waals surface area (Å²) >= 11 is 0.